The van der Waals surface area contributed by atoms with Crippen LogP contribution in [0.25, 0.3) is 0 Å². The Labute approximate surface area is 201 Å². The van der Waals surface area contributed by atoms with Crippen LogP contribution in [0.5, 0.6) is 0 Å². The van der Waals surface area contributed by atoms with Gasteiger partial charge in [-0.05, 0) is 43.5 Å². The highest BCUT2D eigenvalue weighted by molar-refractivity contribution is 6.74. The van der Waals surface area contributed by atoms with Gasteiger partial charge in [0.05, 0.1) is 12.7 Å². The molecule has 8 nitrogen and oxygen atoms in total. The average Bonchev–Trinajstić information content (AvgIpc) is 3.25. The molecule has 2 unspecified atom stereocenters. The van der Waals surface area contributed by atoms with Gasteiger partial charge in [0.15, 0.2) is 8.32 Å². The number of benzene rings is 1. The molecule has 34 heavy (non-hydrogen) atoms. The maximum atomic E-state index is 13.1. The Balaban J connectivity index is 1.68. The molecule has 0 N–H and O–H groups in total. The quantitative estimate of drug-likeness (QED) is 0.415. The lowest BCUT2D eigenvalue weighted by Crippen LogP contribution is -2.44. The maximum absolute atomic E-state index is 13.1. The first kappa shape index (κ1) is 26.1. The number of hydrogen-bond acceptors (Lipinski definition) is 6. The predicted molar refractivity (Wildman–Crippen MR) is 132 cm³/mol. The van der Waals surface area contributed by atoms with Gasteiger partial charge in [-0.3, -0.25) is 14.2 Å². The highest BCUT2D eigenvalue weighted by Crippen LogP contribution is 2.37. The largest absolute Gasteiger partial charge is 0.459 e. The Bertz CT molecular complexity index is 1120. The SMILES string of the molecule is Cc1cn(C2CCC(CO[Si](C)(C)C(C)(C)C)O2)c(=O)n(CC(=O)OCc2ccccc2)c1=O. The number of esters is 1. The van der Waals surface area contributed by atoms with Crippen LogP contribution < -0.4 is 11.2 Å². The van der Waals surface area contributed by atoms with Crippen molar-refractivity contribution < 1.29 is 18.7 Å². The normalized spacial score (nSPS) is 18.8. The average molecular weight is 489 g/mol. The molecule has 1 aromatic heterocycles. The standard InChI is InChI=1S/C25H36N2O6Si/c1-18-14-26(21-13-12-20(33-21)17-32-34(5,6)25(2,3)4)24(30)27(23(18)29)15-22(28)31-16-19-10-8-7-9-11-19/h7-11,14,20-21H,12-13,15-17H2,1-6H3. The van der Waals surface area contributed by atoms with Crippen molar-refractivity contribution in [1.82, 2.24) is 9.13 Å². The fourth-order valence-corrected chi connectivity index (χ4v) is 4.58. The molecule has 1 aliphatic rings. The second kappa shape index (κ2) is 10.4. The van der Waals surface area contributed by atoms with Crippen LogP contribution in [0.2, 0.25) is 18.1 Å². The number of nitrogens with zero attached hydrogens (tertiary/aromatic N) is 2. The first-order valence-electron chi connectivity index (χ1n) is 11.7. The van der Waals surface area contributed by atoms with Gasteiger partial charge in [-0.1, -0.05) is 51.1 Å². The number of ether oxygens (including phenoxy) is 2. The summed E-state index contributed by atoms with van der Waals surface area (Å²) in [6.45, 7) is 12.7. The van der Waals surface area contributed by atoms with E-state index < -0.39 is 38.3 Å². The van der Waals surface area contributed by atoms with E-state index in [1.807, 2.05) is 30.3 Å². The summed E-state index contributed by atoms with van der Waals surface area (Å²) in [4.78, 5) is 38.1. The van der Waals surface area contributed by atoms with Crippen LogP contribution in [-0.4, -0.2) is 36.1 Å². The lowest BCUT2D eigenvalue weighted by molar-refractivity contribution is -0.145. The molecule has 2 heterocycles. The first-order chi connectivity index (χ1) is 15.9. The molecule has 2 aromatic rings. The molecular weight excluding hydrogens is 452 g/mol. The van der Waals surface area contributed by atoms with E-state index in [-0.39, 0.29) is 17.7 Å². The van der Waals surface area contributed by atoms with Gasteiger partial charge in [-0.15, -0.1) is 0 Å². The minimum atomic E-state index is -1.91. The lowest BCUT2D eigenvalue weighted by Gasteiger charge is -2.36. The predicted octanol–water partition coefficient (Wildman–Crippen LogP) is 3.76. The summed E-state index contributed by atoms with van der Waals surface area (Å²) < 4.78 is 20.0. The van der Waals surface area contributed by atoms with Gasteiger partial charge in [0, 0.05) is 11.8 Å². The molecule has 1 fully saturated rings. The van der Waals surface area contributed by atoms with Crippen LogP contribution in [-0.2, 0) is 31.8 Å². The van der Waals surface area contributed by atoms with Gasteiger partial charge in [0.2, 0.25) is 0 Å². The molecule has 1 aliphatic heterocycles. The number of aryl methyl sites for hydroxylation is 1. The summed E-state index contributed by atoms with van der Waals surface area (Å²) >= 11 is 0. The third-order valence-corrected chi connectivity index (χ3v) is 11.2. The first-order valence-corrected chi connectivity index (χ1v) is 14.6. The van der Waals surface area contributed by atoms with Gasteiger partial charge in [0.25, 0.3) is 5.56 Å². The van der Waals surface area contributed by atoms with E-state index in [1.165, 1.54) is 10.8 Å². The molecule has 3 rings (SSSR count). The Morgan fingerprint density at radius 1 is 1.15 bits per heavy atom. The van der Waals surface area contributed by atoms with Crippen molar-refractivity contribution in [3.05, 3.63) is 68.5 Å². The van der Waals surface area contributed by atoms with Crippen molar-refractivity contribution in [2.24, 2.45) is 0 Å². The summed E-state index contributed by atoms with van der Waals surface area (Å²) in [7, 11) is -1.91. The highest BCUT2D eigenvalue weighted by Gasteiger charge is 2.38. The van der Waals surface area contributed by atoms with E-state index in [9.17, 15) is 14.4 Å². The number of carbonyl (C=O) groups is 1. The van der Waals surface area contributed by atoms with E-state index in [1.54, 1.807) is 6.92 Å². The van der Waals surface area contributed by atoms with Crippen molar-refractivity contribution in [2.45, 2.75) is 84.2 Å². The Hall–Kier alpha value is -2.49. The third-order valence-electron chi connectivity index (χ3n) is 6.73. The summed E-state index contributed by atoms with van der Waals surface area (Å²) in [5, 5.41) is 0.101. The monoisotopic (exact) mass is 488 g/mol. The zero-order valence-corrected chi connectivity index (χ0v) is 22.0. The fourth-order valence-electron chi connectivity index (χ4n) is 3.55. The van der Waals surface area contributed by atoms with Crippen molar-refractivity contribution in [2.75, 3.05) is 6.61 Å². The van der Waals surface area contributed by atoms with Crippen molar-refractivity contribution in [3.63, 3.8) is 0 Å². The summed E-state index contributed by atoms with van der Waals surface area (Å²) in [5.74, 6) is -0.645. The van der Waals surface area contributed by atoms with E-state index >= 15 is 0 Å². The van der Waals surface area contributed by atoms with Crippen molar-refractivity contribution >= 4 is 14.3 Å². The molecule has 2 atom stereocenters. The smallest absolute Gasteiger partial charge is 0.333 e. The number of hydrogen-bond donors (Lipinski definition) is 0. The Kier molecular flexibility index (Phi) is 8.00. The fraction of sp³-hybridized carbons (Fsp3) is 0.560. The summed E-state index contributed by atoms with van der Waals surface area (Å²) in [6, 6.07) is 9.23. The number of carbonyl (C=O) groups excluding carboxylic acids is 1. The number of aromatic nitrogens is 2. The van der Waals surface area contributed by atoms with Crippen molar-refractivity contribution in [1.29, 1.82) is 0 Å². The molecule has 1 saturated heterocycles. The highest BCUT2D eigenvalue weighted by atomic mass is 28.4. The van der Waals surface area contributed by atoms with Crippen LogP contribution in [0.1, 0.15) is 51.0 Å². The van der Waals surface area contributed by atoms with E-state index in [2.05, 4.69) is 33.9 Å². The second-order valence-electron chi connectivity index (χ2n) is 10.4. The molecular formula is C25H36N2O6Si. The van der Waals surface area contributed by atoms with Crippen LogP contribution in [0.4, 0.5) is 0 Å². The Morgan fingerprint density at radius 3 is 2.47 bits per heavy atom. The zero-order valence-electron chi connectivity index (χ0n) is 21.0. The van der Waals surface area contributed by atoms with Gasteiger partial charge >= 0.3 is 11.7 Å². The van der Waals surface area contributed by atoms with Gasteiger partial charge in [0.1, 0.15) is 19.4 Å². The molecule has 0 bridgehead atoms. The molecule has 0 spiro atoms. The van der Waals surface area contributed by atoms with Gasteiger partial charge in [-0.25, -0.2) is 9.36 Å². The Morgan fingerprint density at radius 2 is 1.82 bits per heavy atom. The van der Waals surface area contributed by atoms with Gasteiger partial charge < -0.3 is 13.9 Å². The van der Waals surface area contributed by atoms with E-state index in [0.717, 1.165) is 16.6 Å². The zero-order chi connectivity index (χ0) is 25.1. The van der Waals surface area contributed by atoms with Crippen LogP contribution >= 0.6 is 0 Å². The van der Waals surface area contributed by atoms with E-state index in [0.29, 0.717) is 18.6 Å². The van der Waals surface area contributed by atoms with Crippen LogP contribution in [0.15, 0.2) is 46.1 Å². The summed E-state index contributed by atoms with van der Waals surface area (Å²) in [5.41, 5.74) is 0.104. The van der Waals surface area contributed by atoms with Crippen molar-refractivity contribution in [3.8, 4) is 0 Å². The number of rotatable bonds is 8. The summed E-state index contributed by atoms with van der Waals surface area (Å²) in [6.07, 6.45) is 2.26. The molecule has 0 radical (unpaired) electrons. The second-order valence-corrected chi connectivity index (χ2v) is 15.2. The minimum Gasteiger partial charge on any atom is -0.459 e. The molecule has 0 aliphatic carbocycles. The third kappa shape index (κ3) is 6.14. The minimum absolute atomic E-state index is 0.0794. The topological polar surface area (TPSA) is 88.8 Å². The molecule has 186 valence electrons. The van der Waals surface area contributed by atoms with E-state index in [4.69, 9.17) is 13.9 Å². The molecule has 0 amide bonds. The molecule has 9 heteroatoms. The van der Waals surface area contributed by atoms with Crippen LogP contribution in [0.3, 0.4) is 0 Å². The molecule has 1 aromatic carbocycles. The van der Waals surface area contributed by atoms with Gasteiger partial charge in [-0.2, -0.15) is 0 Å². The van der Waals surface area contributed by atoms with Crippen LogP contribution in [0, 0.1) is 6.92 Å². The maximum Gasteiger partial charge on any atom is 0.333 e. The molecule has 0 saturated carbocycles. The lowest BCUT2D eigenvalue weighted by atomic mass is 10.2.